The van der Waals surface area contributed by atoms with E-state index in [-0.39, 0.29) is 5.91 Å². The molecule has 0 aromatic heterocycles. The lowest BCUT2D eigenvalue weighted by Crippen LogP contribution is -2.41. The lowest BCUT2D eigenvalue weighted by molar-refractivity contribution is -0.116. The summed E-state index contributed by atoms with van der Waals surface area (Å²) in [6, 6.07) is 6.44. The first-order valence-electron chi connectivity index (χ1n) is 8.82. The van der Waals surface area contributed by atoms with Crippen LogP contribution in [0.25, 0.3) is 6.08 Å². The van der Waals surface area contributed by atoms with Gasteiger partial charge in [-0.05, 0) is 42.2 Å². The van der Waals surface area contributed by atoms with E-state index in [9.17, 15) is 4.79 Å². The summed E-state index contributed by atoms with van der Waals surface area (Å²) in [4.78, 5) is 16.6. The first-order valence-corrected chi connectivity index (χ1v) is 8.82. The highest BCUT2D eigenvalue weighted by molar-refractivity contribution is 5.91. The molecule has 1 saturated heterocycles. The number of aryl methyl sites for hydroxylation is 1. The molecule has 0 spiro atoms. The van der Waals surface area contributed by atoms with E-state index < -0.39 is 0 Å². The summed E-state index contributed by atoms with van der Waals surface area (Å²) < 4.78 is 5.32. The molecule has 0 unspecified atom stereocenters. The SMILES string of the molecule is CN1CCCc2cc(/C=C/C(=O)NCCN3CCOCC3)ccc21. The molecule has 1 fully saturated rings. The number of carbonyl (C=O) groups excluding carboxylic acids is 1. The molecule has 0 atom stereocenters. The highest BCUT2D eigenvalue weighted by atomic mass is 16.5. The number of fused-ring (bicyclic) bond motifs is 1. The van der Waals surface area contributed by atoms with E-state index in [0.29, 0.717) is 6.54 Å². The Morgan fingerprint density at radius 2 is 2.12 bits per heavy atom. The third kappa shape index (κ3) is 4.58. The Kier molecular flexibility index (Phi) is 5.88. The molecule has 5 nitrogen and oxygen atoms in total. The molecule has 0 bridgehead atoms. The fourth-order valence-corrected chi connectivity index (χ4v) is 3.30. The number of rotatable bonds is 5. The first kappa shape index (κ1) is 17.0. The monoisotopic (exact) mass is 329 g/mol. The van der Waals surface area contributed by atoms with Crippen molar-refractivity contribution < 1.29 is 9.53 Å². The molecular weight excluding hydrogens is 302 g/mol. The van der Waals surface area contributed by atoms with Gasteiger partial charge in [0, 0.05) is 51.5 Å². The third-order valence-electron chi connectivity index (χ3n) is 4.71. The number of hydrogen-bond acceptors (Lipinski definition) is 4. The molecule has 24 heavy (non-hydrogen) atoms. The summed E-state index contributed by atoms with van der Waals surface area (Å²) in [6.07, 6.45) is 5.85. The van der Waals surface area contributed by atoms with Gasteiger partial charge in [0.25, 0.3) is 0 Å². The van der Waals surface area contributed by atoms with Crippen molar-refractivity contribution in [2.45, 2.75) is 12.8 Å². The Labute approximate surface area is 144 Å². The highest BCUT2D eigenvalue weighted by Gasteiger charge is 2.13. The number of ether oxygens (including phenoxy) is 1. The molecule has 3 rings (SSSR count). The number of hydrogen-bond donors (Lipinski definition) is 1. The van der Waals surface area contributed by atoms with Crippen LogP contribution in [0.2, 0.25) is 0 Å². The Hall–Kier alpha value is -1.85. The molecule has 5 heteroatoms. The van der Waals surface area contributed by atoms with Crippen LogP contribution >= 0.6 is 0 Å². The predicted molar refractivity (Wildman–Crippen MR) is 97.3 cm³/mol. The van der Waals surface area contributed by atoms with Crippen molar-refractivity contribution in [3.63, 3.8) is 0 Å². The molecule has 0 radical (unpaired) electrons. The van der Waals surface area contributed by atoms with E-state index in [4.69, 9.17) is 4.74 Å². The normalized spacial score (nSPS) is 18.6. The average Bonchev–Trinajstić information content (AvgIpc) is 2.61. The van der Waals surface area contributed by atoms with Gasteiger partial charge < -0.3 is 15.0 Å². The minimum Gasteiger partial charge on any atom is -0.379 e. The van der Waals surface area contributed by atoms with Crippen molar-refractivity contribution in [1.82, 2.24) is 10.2 Å². The van der Waals surface area contributed by atoms with Crippen LogP contribution in [0.15, 0.2) is 24.3 Å². The maximum absolute atomic E-state index is 11.9. The van der Waals surface area contributed by atoms with Gasteiger partial charge >= 0.3 is 0 Å². The van der Waals surface area contributed by atoms with Crippen LogP contribution in [0.3, 0.4) is 0 Å². The highest BCUT2D eigenvalue weighted by Crippen LogP contribution is 2.27. The quantitative estimate of drug-likeness (QED) is 0.832. The van der Waals surface area contributed by atoms with Gasteiger partial charge in [-0.15, -0.1) is 0 Å². The largest absolute Gasteiger partial charge is 0.379 e. The van der Waals surface area contributed by atoms with Crippen molar-refractivity contribution in [3.8, 4) is 0 Å². The van der Waals surface area contributed by atoms with Crippen LogP contribution in [0.5, 0.6) is 0 Å². The number of carbonyl (C=O) groups is 1. The topological polar surface area (TPSA) is 44.8 Å². The standard InChI is InChI=1S/C19H27N3O2/c1-21-9-2-3-17-15-16(4-6-18(17)21)5-7-19(23)20-8-10-22-11-13-24-14-12-22/h4-7,15H,2-3,8-14H2,1H3,(H,20,23)/b7-5+. The van der Waals surface area contributed by atoms with Gasteiger partial charge in [0.1, 0.15) is 0 Å². The van der Waals surface area contributed by atoms with Gasteiger partial charge in [0.05, 0.1) is 13.2 Å². The first-order chi connectivity index (χ1) is 11.7. The van der Waals surface area contributed by atoms with E-state index in [1.807, 2.05) is 6.08 Å². The zero-order valence-corrected chi connectivity index (χ0v) is 14.5. The second-order valence-corrected chi connectivity index (χ2v) is 6.49. The van der Waals surface area contributed by atoms with Crippen LogP contribution in [-0.2, 0) is 16.0 Å². The van der Waals surface area contributed by atoms with E-state index in [1.165, 1.54) is 17.7 Å². The summed E-state index contributed by atoms with van der Waals surface area (Å²) in [5.74, 6) is -0.0295. The summed E-state index contributed by atoms with van der Waals surface area (Å²) in [6.45, 7) is 6.17. The number of amides is 1. The van der Waals surface area contributed by atoms with Gasteiger partial charge in [-0.3, -0.25) is 9.69 Å². The fourth-order valence-electron chi connectivity index (χ4n) is 3.30. The minimum atomic E-state index is -0.0295. The van der Waals surface area contributed by atoms with Crippen molar-refractivity contribution >= 4 is 17.7 Å². The van der Waals surface area contributed by atoms with Gasteiger partial charge in [0.2, 0.25) is 5.91 Å². The molecule has 2 aliphatic heterocycles. The summed E-state index contributed by atoms with van der Waals surface area (Å²) in [5, 5.41) is 2.95. The average molecular weight is 329 g/mol. The molecule has 1 amide bonds. The maximum atomic E-state index is 11.9. The molecule has 0 saturated carbocycles. The summed E-state index contributed by atoms with van der Waals surface area (Å²) in [7, 11) is 2.13. The van der Waals surface area contributed by atoms with E-state index >= 15 is 0 Å². The van der Waals surface area contributed by atoms with Crippen molar-refractivity contribution in [2.75, 3.05) is 57.9 Å². The second kappa shape index (κ2) is 8.31. The lowest BCUT2D eigenvalue weighted by Gasteiger charge is -2.27. The molecular formula is C19H27N3O2. The molecule has 1 N–H and O–H groups in total. The Bertz CT molecular complexity index is 594. The van der Waals surface area contributed by atoms with Crippen LogP contribution in [0.4, 0.5) is 5.69 Å². The van der Waals surface area contributed by atoms with Crippen molar-refractivity contribution in [2.24, 2.45) is 0 Å². The molecule has 0 aliphatic carbocycles. The van der Waals surface area contributed by atoms with Crippen LogP contribution in [-0.4, -0.2) is 63.8 Å². The number of nitrogens with zero attached hydrogens (tertiary/aromatic N) is 2. The number of morpholine rings is 1. The van der Waals surface area contributed by atoms with Gasteiger partial charge in [-0.1, -0.05) is 6.07 Å². The number of anilines is 1. The number of nitrogens with one attached hydrogen (secondary N) is 1. The fraction of sp³-hybridized carbons (Fsp3) is 0.526. The smallest absolute Gasteiger partial charge is 0.244 e. The maximum Gasteiger partial charge on any atom is 0.244 e. The van der Waals surface area contributed by atoms with Gasteiger partial charge in [-0.25, -0.2) is 0 Å². The molecule has 130 valence electrons. The Balaban J connectivity index is 1.47. The van der Waals surface area contributed by atoms with E-state index in [0.717, 1.165) is 51.4 Å². The predicted octanol–water partition coefficient (Wildman–Crippen LogP) is 1.53. The molecule has 2 aliphatic rings. The molecule has 1 aromatic carbocycles. The van der Waals surface area contributed by atoms with E-state index in [1.54, 1.807) is 6.08 Å². The Morgan fingerprint density at radius 3 is 2.96 bits per heavy atom. The van der Waals surface area contributed by atoms with E-state index in [2.05, 4.69) is 40.4 Å². The van der Waals surface area contributed by atoms with Crippen LogP contribution in [0.1, 0.15) is 17.5 Å². The number of benzene rings is 1. The zero-order valence-electron chi connectivity index (χ0n) is 14.5. The molecule has 2 heterocycles. The van der Waals surface area contributed by atoms with Crippen LogP contribution < -0.4 is 10.2 Å². The zero-order chi connectivity index (χ0) is 16.8. The summed E-state index contributed by atoms with van der Waals surface area (Å²) >= 11 is 0. The van der Waals surface area contributed by atoms with Gasteiger partial charge in [0.15, 0.2) is 0 Å². The second-order valence-electron chi connectivity index (χ2n) is 6.49. The summed E-state index contributed by atoms with van der Waals surface area (Å²) in [5.41, 5.74) is 3.78. The van der Waals surface area contributed by atoms with Crippen molar-refractivity contribution in [3.05, 3.63) is 35.4 Å². The van der Waals surface area contributed by atoms with Gasteiger partial charge in [-0.2, -0.15) is 0 Å². The lowest BCUT2D eigenvalue weighted by atomic mass is 9.99. The Morgan fingerprint density at radius 1 is 1.29 bits per heavy atom. The van der Waals surface area contributed by atoms with Crippen molar-refractivity contribution in [1.29, 1.82) is 0 Å². The third-order valence-corrected chi connectivity index (χ3v) is 4.71. The molecule has 1 aromatic rings. The minimum absolute atomic E-state index is 0.0295. The van der Waals surface area contributed by atoms with Crippen LogP contribution in [0, 0.1) is 0 Å².